The highest BCUT2D eigenvalue weighted by Gasteiger charge is 2.16. The van der Waals surface area contributed by atoms with Gasteiger partial charge in [-0.1, -0.05) is 0 Å². The average Bonchev–Trinajstić information content (AvgIpc) is 2.96. The van der Waals surface area contributed by atoms with Gasteiger partial charge >= 0.3 is 0 Å². The third kappa shape index (κ3) is 2.56. The molecule has 3 heterocycles. The molecule has 1 aliphatic rings. The molecule has 7 heteroatoms. The van der Waals surface area contributed by atoms with Gasteiger partial charge in [-0.2, -0.15) is 20.2 Å². The highest BCUT2D eigenvalue weighted by molar-refractivity contribution is 7.15. The number of nitrogen functional groups attached to an aromatic ring is 1. The molecule has 1 aliphatic heterocycles. The molecule has 0 bridgehead atoms. The van der Waals surface area contributed by atoms with Gasteiger partial charge in [0, 0.05) is 13.1 Å². The zero-order chi connectivity index (χ0) is 13.9. The number of hydrogen-bond donors (Lipinski definition) is 1. The van der Waals surface area contributed by atoms with E-state index in [-0.39, 0.29) is 5.95 Å². The van der Waals surface area contributed by atoms with Crippen LogP contribution in [0.1, 0.15) is 24.1 Å². The number of aromatic nitrogens is 3. The molecular formula is C13H14N6S. The highest BCUT2D eigenvalue weighted by atomic mass is 32.1. The molecule has 1 saturated heterocycles. The molecular weight excluding hydrogens is 272 g/mol. The van der Waals surface area contributed by atoms with Crippen LogP contribution in [0.3, 0.4) is 0 Å². The maximum absolute atomic E-state index is 8.89. The molecule has 2 N–H and O–H groups in total. The Morgan fingerprint density at radius 3 is 2.65 bits per heavy atom. The number of anilines is 2. The number of nitrogens with zero attached hydrogens (tertiary/aromatic N) is 5. The van der Waals surface area contributed by atoms with Gasteiger partial charge in [0.1, 0.15) is 10.9 Å². The van der Waals surface area contributed by atoms with Crippen molar-refractivity contribution in [1.82, 2.24) is 15.0 Å². The van der Waals surface area contributed by atoms with Crippen molar-refractivity contribution < 1.29 is 0 Å². The van der Waals surface area contributed by atoms with Crippen LogP contribution in [-0.4, -0.2) is 28.0 Å². The van der Waals surface area contributed by atoms with E-state index in [1.165, 1.54) is 17.8 Å². The van der Waals surface area contributed by atoms with E-state index in [2.05, 4.69) is 25.9 Å². The van der Waals surface area contributed by atoms with Crippen LogP contribution in [0.5, 0.6) is 0 Å². The molecule has 20 heavy (non-hydrogen) atoms. The van der Waals surface area contributed by atoms with Gasteiger partial charge in [-0.15, -0.1) is 11.3 Å². The molecule has 0 atom stereocenters. The Hall–Kier alpha value is -2.20. The number of piperidine rings is 1. The first-order chi connectivity index (χ1) is 9.76. The smallest absolute Gasteiger partial charge is 0.230 e. The summed E-state index contributed by atoms with van der Waals surface area (Å²) in [4.78, 5) is 16.5. The van der Waals surface area contributed by atoms with E-state index in [1.54, 1.807) is 6.07 Å². The Labute approximate surface area is 120 Å². The summed E-state index contributed by atoms with van der Waals surface area (Å²) in [6, 6.07) is 5.73. The van der Waals surface area contributed by atoms with Crippen LogP contribution in [0.2, 0.25) is 0 Å². The molecule has 0 spiro atoms. The Balaban J connectivity index is 1.95. The van der Waals surface area contributed by atoms with Gasteiger partial charge in [0.15, 0.2) is 5.82 Å². The predicted molar refractivity (Wildman–Crippen MR) is 78.3 cm³/mol. The van der Waals surface area contributed by atoms with Gasteiger partial charge in [-0.05, 0) is 31.4 Å². The average molecular weight is 286 g/mol. The Kier molecular flexibility index (Phi) is 3.48. The number of hydrogen-bond acceptors (Lipinski definition) is 7. The van der Waals surface area contributed by atoms with E-state index in [0.717, 1.165) is 30.8 Å². The molecule has 0 aromatic carbocycles. The maximum atomic E-state index is 8.89. The van der Waals surface area contributed by atoms with Gasteiger partial charge in [-0.3, -0.25) is 0 Å². The minimum atomic E-state index is 0.225. The molecule has 3 rings (SSSR count). The minimum Gasteiger partial charge on any atom is -0.368 e. The van der Waals surface area contributed by atoms with Crippen LogP contribution in [0.15, 0.2) is 12.1 Å². The van der Waals surface area contributed by atoms with Gasteiger partial charge in [0.25, 0.3) is 0 Å². The fraction of sp³-hybridized carbons (Fsp3) is 0.385. The molecule has 1 fully saturated rings. The lowest BCUT2D eigenvalue weighted by Gasteiger charge is -2.26. The third-order valence-corrected chi connectivity index (χ3v) is 4.20. The second kappa shape index (κ2) is 5.43. The molecule has 0 amide bonds. The van der Waals surface area contributed by atoms with Crippen molar-refractivity contribution in [2.24, 2.45) is 0 Å². The zero-order valence-corrected chi connectivity index (χ0v) is 11.7. The molecule has 0 radical (unpaired) electrons. The molecule has 6 nitrogen and oxygen atoms in total. The van der Waals surface area contributed by atoms with E-state index in [0.29, 0.717) is 16.6 Å². The summed E-state index contributed by atoms with van der Waals surface area (Å²) in [6.07, 6.45) is 3.55. The molecule has 102 valence electrons. The Bertz CT molecular complexity index is 653. The van der Waals surface area contributed by atoms with Crippen molar-refractivity contribution in [2.45, 2.75) is 19.3 Å². The summed E-state index contributed by atoms with van der Waals surface area (Å²) in [5.41, 5.74) is 5.79. The van der Waals surface area contributed by atoms with Crippen molar-refractivity contribution in [1.29, 1.82) is 5.26 Å². The molecule has 2 aromatic heterocycles. The monoisotopic (exact) mass is 286 g/mol. The van der Waals surface area contributed by atoms with Crippen LogP contribution in [0.4, 0.5) is 11.9 Å². The van der Waals surface area contributed by atoms with Gasteiger partial charge in [0.05, 0.1) is 4.88 Å². The second-order valence-corrected chi connectivity index (χ2v) is 5.72. The summed E-state index contributed by atoms with van der Waals surface area (Å²) in [7, 11) is 0. The first kappa shape index (κ1) is 12.8. The number of nitriles is 1. The van der Waals surface area contributed by atoms with E-state index < -0.39 is 0 Å². The summed E-state index contributed by atoms with van der Waals surface area (Å²) in [5.74, 6) is 1.41. The molecule has 0 aliphatic carbocycles. The summed E-state index contributed by atoms with van der Waals surface area (Å²) >= 11 is 1.36. The first-order valence-corrected chi connectivity index (χ1v) is 7.35. The fourth-order valence-corrected chi connectivity index (χ4v) is 2.98. The third-order valence-electron chi connectivity index (χ3n) is 3.22. The quantitative estimate of drug-likeness (QED) is 0.908. The van der Waals surface area contributed by atoms with E-state index in [4.69, 9.17) is 11.0 Å². The lowest BCUT2D eigenvalue weighted by molar-refractivity contribution is 0.568. The second-order valence-electron chi connectivity index (χ2n) is 4.64. The van der Waals surface area contributed by atoms with Crippen LogP contribution >= 0.6 is 11.3 Å². The highest BCUT2D eigenvalue weighted by Crippen LogP contribution is 2.27. The topological polar surface area (TPSA) is 91.7 Å². The lowest BCUT2D eigenvalue weighted by Crippen LogP contribution is -2.31. The summed E-state index contributed by atoms with van der Waals surface area (Å²) < 4.78 is 0. The van der Waals surface area contributed by atoms with E-state index in [9.17, 15) is 0 Å². The van der Waals surface area contributed by atoms with Crippen LogP contribution in [0, 0.1) is 11.3 Å². The first-order valence-electron chi connectivity index (χ1n) is 6.53. The standard InChI is InChI=1S/C13H14N6S/c14-8-9-4-5-10(20-9)11-16-12(15)18-13(17-11)19-6-2-1-3-7-19/h4-5H,1-3,6-7H2,(H2,15,16,17,18). The van der Waals surface area contributed by atoms with Crippen molar-refractivity contribution in [3.63, 3.8) is 0 Å². The molecule has 0 unspecified atom stereocenters. The lowest BCUT2D eigenvalue weighted by atomic mass is 10.1. The Morgan fingerprint density at radius 1 is 1.15 bits per heavy atom. The predicted octanol–water partition coefficient (Wildman–Crippen LogP) is 2.04. The summed E-state index contributed by atoms with van der Waals surface area (Å²) in [5, 5.41) is 8.89. The van der Waals surface area contributed by atoms with Gasteiger partial charge in [-0.25, -0.2) is 0 Å². The zero-order valence-electron chi connectivity index (χ0n) is 10.9. The SMILES string of the molecule is N#Cc1ccc(-c2nc(N)nc(N3CCCCC3)n2)s1. The fourth-order valence-electron chi connectivity index (χ4n) is 2.24. The van der Waals surface area contributed by atoms with Crippen molar-refractivity contribution in [3.8, 4) is 16.8 Å². The van der Waals surface area contributed by atoms with Crippen molar-refractivity contribution in [2.75, 3.05) is 23.7 Å². The maximum Gasteiger partial charge on any atom is 0.230 e. The van der Waals surface area contributed by atoms with Crippen LogP contribution < -0.4 is 10.6 Å². The Morgan fingerprint density at radius 2 is 1.95 bits per heavy atom. The van der Waals surface area contributed by atoms with Crippen LogP contribution in [-0.2, 0) is 0 Å². The molecule has 2 aromatic rings. The number of thiophene rings is 1. The van der Waals surface area contributed by atoms with E-state index >= 15 is 0 Å². The van der Waals surface area contributed by atoms with Crippen molar-refractivity contribution in [3.05, 3.63) is 17.0 Å². The van der Waals surface area contributed by atoms with E-state index in [1.807, 2.05) is 6.07 Å². The largest absolute Gasteiger partial charge is 0.368 e. The number of rotatable bonds is 2. The van der Waals surface area contributed by atoms with Gasteiger partial charge in [0.2, 0.25) is 11.9 Å². The van der Waals surface area contributed by atoms with Crippen LogP contribution in [0.25, 0.3) is 10.7 Å². The minimum absolute atomic E-state index is 0.225. The number of nitrogens with two attached hydrogens (primary N) is 1. The molecule has 0 saturated carbocycles. The van der Waals surface area contributed by atoms with Gasteiger partial charge < -0.3 is 10.6 Å². The summed E-state index contributed by atoms with van der Waals surface area (Å²) in [6.45, 7) is 1.91. The van der Waals surface area contributed by atoms with Crippen molar-refractivity contribution >= 4 is 23.2 Å². The normalized spacial score (nSPS) is 15.1.